The van der Waals surface area contributed by atoms with Gasteiger partial charge in [0.25, 0.3) is 0 Å². The van der Waals surface area contributed by atoms with E-state index < -0.39 is 0 Å². The molecule has 28 heavy (non-hydrogen) atoms. The number of thiophene rings is 1. The molecule has 2 aromatic rings. The van der Waals surface area contributed by atoms with Crippen molar-refractivity contribution in [1.82, 2.24) is 0 Å². The fourth-order valence-electron chi connectivity index (χ4n) is 3.91. The summed E-state index contributed by atoms with van der Waals surface area (Å²) in [4.78, 5) is 1.52. The fraction of sp³-hybridized carbons (Fsp3) is 0.667. The first-order chi connectivity index (χ1) is 13.8. The van der Waals surface area contributed by atoms with Crippen LogP contribution in [0, 0.1) is 0 Å². The molecule has 1 aliphatic heterocycles. The van der Waals surface area contributed by atoms with Crippen molar-refractivity contribution in [3.8, 4) is 0 Å². The lowest BCUT2D eigenvalue weighted by atomic mass is 10.1. The van der Waals surface area contributed by atoms with E-state index in [0.29, 0.717) is 0 Å². The molecule has 1 aromatic carbocycles. The molecule has 0 spiro atoms. The number of hydrogen-bond donors (Lipinski definition) is 0. The molecule has 1 saturated heterocycles. The SMILES string of the molecule is Brc1c(CCCCCCCCCCCOC2CCCCO2)sc2ccccc12. The van der Waals surface area contributed by atoms with Crippen LogP contribution in [0.2, 0.25) is 0 Å². The van der Waals surface area contributed by atoms with Crippen LogP contribution in [0.25, 0.3) is 10.1 Å². The molecule has 2 heterocycles. The third-order valence-electron chi connectivity index (χ3n) is 5.59. The van der Waals surface area contributed by atoms with E-state index in [1.165, 1.54) is 96.5 Å². The first kappa shape index (κ1) is 22.3. The molecule has 1 aliphatic rings. The Bertz CT molecular complexity index is 678. The van der Waals surface area contributed by atoms with Crippen molar-refractivity contribution >= 4 is 37.4 Å². The molecule has 0 amide bonds. The predicted molar refractivity (Wildman–Crippen MR) is 124 cm³/mol. The Morgan fingerprint density at radius 2 is 1.64 bits per heavy atom. The van der Waals surface area contributed by atoms with E-state index >= 15 is 0 Å². The Hall–Kier alpha value is -0.420. The van der Waals surface area contributed by atoms with Crippen molar-refractivity contribution in [1.29, 1.82) is 0 Å². The lowest BCUT2D eigenvalue weighted by molar-refractivity contribution is -0.162. The Balaban J connectivity index is 1.13. The Kier molecular flexibility index (Phi) is 10.3. The monoisotopic (exact) mass is 466 g/mol. The van der Waals surface area contributed by atoms with Crippen molar-refractivity contribution in [2.24, 2.45) is 0 Å². The standard InChI is InChI=1S/C24H35BrO2S/c25-24-20-14-9-10-15-21(20)28-22(24)16-8-6-4-2-1-3-5-7-12-18-26-23-17-11-13-19-27-23/h9-10,14-15,23H,1-8,11-13,16-19H2. The number of hydrogen-bond acceptors (Lipinski definition) is 3. The lowest BCUT2D eigenvalue weighted by Gasteiger charge is -2.22. The Labute approximate surface area is 183 Å². The van der Waals surface area contributed by atoms with Crippen LogP contribution in [0.3, 0.4) is 0 Å². The van der Waals surface area contributed by atoms with Crippen molar-refractivity contribution in [3.05, 3.63) is 33.6 Å². The van der Waals surface area contributed by atoms with Crippen LogP contribution in [-0.4, -0.2) is 19.5 Å². The minimum absolute atomic E-state index is 0.0851. The highest BCUT2D eigenvalue weighted by Crippen LogP contribution is 2.36. The number of rotatable bonds is 13. The highest BCUT2D eigenvalue weighted by molar-refractivity contribution is 9.10. The number of benzene rings is 1. The molecule has 1 unspecified atom stereocenters. The van der Waals surface area contributed by atoms with Crippen molar-refractivity contribution in [2.75, 3.05) is 13.2 Å². The van der Waals surface area contributed by atoms with Gasteiger partial charge in [-0.05, 0) is 60.5 Å². The number of halogens is 1. The van der Waals surface area contributed by atoms with Crippen molar-refractivity contribution in [3.63, 3.8) is 0 Å². The quantitative estimate of drug-likeness (QED) is 0.276. The molecular weight excluding hydrogens is 432 g/mol. The topological polar surface area (TPSA) is 18.5 Å². The molecule has 1 aromatic heterocycles. The average Bonchev–Trinajstić information content (AvgIpc) is 3.05. The summed E-state index contributed by atoms with van der Waals surface area (Å²) in [5.74, 6) is 0. The van der Waals surface area contributed by atoms with Crippen molar-refractivity contribution in [2.45, 2.75) is 89.8 Å². The summed E-state index contributed by atoms with van der Waals surface area (Å²) in [6.45, 7) is 1.75. The maximum absolute atomic E-state index is 5.79. The van der Waals surface area contributed by atoms with E-state index in [1.54, 1.807) is 0 Å². The summed E-state index contributed by atoms with van der Waals surface area (Å²) in [5.41, 5.74) is 0. The summed E-state index contributed by atoms with van der Waals surface area (Å²) in [5, 5.41) is 1.37. The third-order valence-corrected chi connectivity index (χ3v) is 7.99. The smallest absolute Gasteiger partial charge is 0.157 e. The van der Waals surface area contributed by atoms with Gasteiger partial charge in [-0.25, -0.2) is 0 Å². The maximum Gasteiger partial charge on any atom is 0.157 e. The van der Waals surface area contributed by atoms with E-state index in [-0.39, 0.29) is 6.29 Å². The molecule has 2 nitrogen and oxygen atoms in total. The van der Waals surface area contributed by atoms with Gasteiger partial charge in [-0.3, -0.25) is 0 Å². The summed E-state index contributed by atoms with van der Waals surface area (Å²) in [6.07, 6.45) is 16.9. The second-order valence-corrected chi connectivity index (χ2v) is 9.86. The molecule has 0 N–H and O–H groups in total. The lowest BCUT2D eigenvalue weighted by Crippen LogP contribution is -2.22. The summed E-state index contributed by atoms with van der Waals surface area (Å²) in [7, 11) is 0. The third kappa shape index (κ3) is 7.44. The zero-order valence-corrected chi connectivity index (χ0v) is 19.5. The normalized spacial score (nSPS) is 17.4. The van der Waals surface area contributed by atoms with Gasteiger partial charge in [0.15, 0.2) is 6.29 Å². The number of unbranched alkanes of at least 4 members (excludes halogenated alkanes) is 8. The number of fused-ring (bicyclic) bond motifs is 1. The molecule has 4 heteroatoms. The molecule has 0 radical (unpaired) electrons. The van der Waals surface area contributed by atoms with E-state index in [9.17, 15) is 0 Å². The minimum atomic E-state index is 0.0851. The second-order valence-electron chi connectivity index (χ2n) is 7.93. The Morgan fingerprint density at radius 1 is 0.929 bits per heavy atom. The molecule has 1 atom stereocenters. The predicted octanol–water partition coefficient (Wildman–Crippen LogP) is 8.26. The summed E-state index contributed by atoms with van der Waals surface area (Å²) in [6, 6.07) is 8.70. The zero-order chi connectivity index (χ0) is 19.4. The highest BCUT2D eigenvalue weighted by Gasteiger charge is 2.13. The van der Waals surface area contributed by atoms with Crippen LogP contribution in [-0.2, 0) is 15.9 Å². The van der Waals surface area contributed by atoms with Crippen LogP contribution in [0.5, 0.6) is 0 Å². The van der Waals surface area contributed by atoms with E-state index in [2.05, 4.69) is 40.2 Å². The van der Waals surface area contributed by atoms with E-state index in [0.717, 1.165) is 19.6 Å². The molecule has 1 fully saturated rings. The zero-order valence-electron chi connectivity index (χ0n) is 17.1. The average molecular weight is 468 g/mol. The largest absolute Gasteiger partial charge is 0.353 e. The van der Waals surface area contributed by atoms with Gasteiger partial charge in [0.2, 0.25) is 0 Å². The van der Waals surface area contributed by atoms with Gasteiger partial charge >= 0.3 is 0 Å². The van der Waals surface area contributed by atoms with Gasteiger partial charge in [0, 0.05) is 32.6 Å². The summed E-state index contributed by atoms with van der Waals surface area (Å²) < 4.78 is 14.1. The second kappa shape index (κ2) is 13.0. The number of ether oxygens (including phenoxy) is 2. The highest BCUT2D eigenvalue weighted by atomic mass is 79.9. The molecule has 156 valence electrons. The van der Waals surface area contributed by atoms with Crippen LogP contribution in [0.4, 0.5) is 0 Å². The molecule has 0 aliphatic carbocycles. The van der Waals surface area contributed by atoms with Crippen molar-refractivity contribution < 1.29 is 9.47 Å². The van der Waals surface area contributed by atoms with Gasteiger partial charge in [0.1, 0.15) is 0 Å². The van der Waals surface area contributed by atoms with Crippen LogP contribution >= 0.6 is 27.3 Å². The van der Waals surface area contributed by atoms with Crippen LogP contribution < -0.4 is 0 Å². The van der Waals surface area contributed by atoms with Crippen LogP contribution in [0.1, 0.15) is 81.9 Å². The minimum Gasteiger partial charge on any atom is -0.353 e. The molecule has 3 rings (SSSR count). The van der Waals surface area contributed by atoms with Gasteiger partial charge in [0.05, 0.1) is 0 Å². The number of aryl methyl sites for hydroxylation is 1. The van der Waals surface area contributed by atoms with Crippen LogP contribution in [0.15, 0.2) is 28.7 Å². The molecule has 0 saturated carbocycles. The Morgan fingerprint density at radius 3 is 2.36 bits per heavy atom. The fourth-order valence-corrected chi connectivity index (χ4v) is 5.96. The van der Waals surface area contributed by atoms with E-state index in [1.807, 2.05) is 11.3 Å². The van der Waals surface area contributed by atoms with Gasteiger partial charge in [-0.15, -0.1) is 11.3 Å². The first-order valence-electron chi connectivity index (χ1n) is 11.2. The van der Waals surface area contributed by atoms with E-state index in [4.69, 9.17) is 9.47 Å². The maximum atomic E-state index is 5.79. The van der Waals surface area contributed by atoms with Gasteiger partial charge < -0.3 is 9.47 Å². The first-order valence-corrected chi connectivity index (χ1v) is 12.8. The molecule has 0 bridgehead atoms. The summed E-state index contributed by atoms with van der Waals surface area (Å²) >= 11 is 5.75. The molecular formula is C24H35BrO2S. The van der Waals surface area contributed by atoms with Gasteiger partial charge in [-0.1, -0.05) is 63.1 Å². The van der Waals surface area contributed by atoms with Gasteiger partial charge in [-0.2, -0.15) is 0 Å².